The quantitative estimate of drug-likeness (QED) is 0.312. The molecule has 0 unspecified atom stereocenters. The van der Waals surface area contributed by atoms with E-state index in [0.29, 0.717) is 30.3 Å². The second kappa shape index (κ2) is 12.5. The molecule has 2 aromatic rings. The van der Waals surface area contributed by atoms with Crippen LogP contribution in [0.3, 0.4) is 0 Å². The Kier molecular flexibility index (Phi) is 9.37. The molecule has 4 amide bonds. The molecule has 1 saturated heterocycles. The third kappa shape index (κ3) is 6.93. The van der Waals surface area contributed by atoms with Gasteiger partial charge in [0, 0.05) is 0 Å². The van der Waals surface area contributed by atoms with Crippen LogP contribution in [0, 0.1) is 0 Å². The highest BCUT2D eigenvalue weighted by Gasteiger charge is 2.36. The van der Waals surface area contributed by atoms with Crippen LogP contribution in [-0.2, 0) is 20.9 Å². The van der Waals surface area contributed by atoms with E-state index in [0.717, 1.165) is 11.3 Å². The molecule has 1 heterocycles. The van der Waals surface area contributed by atoms with Crippen molar-refractivity contribution in [3.05, 3.63) is 57.1 Å². The van der Waals surface area contributed by atoms with Gasteiger partial charge < -0.3 is 19.3 Å². The minimum atomic E-state index is -1.22. The number of hydrogen-bond acceptors (Lipinski definition) is 7. The normalized spacial score (nSPS) is 14.5. The number of nitrogens with one attached hydrogen (secondary N) is 1. The number of halogens is 2. The van der Waals surface area contributed by atoms with Crippen LogP contribution in [0.15, 0.2) is 35.9 Å². The SMILES string of the molecule is CCCOc1ccc(CN2C(=O)NC(=O)/C(=C\c3cc(Cl)c(OCC(=O)O)c(Cl)c3)C2=O)cc1OCC. The minimum Gasteiger partial charge on any atom is -0.490 e. The van der Waals surface area contributed by atoms with Gasteiger partial charge in [0.1, 0.15) is 5.57 Å². The molecule has 10 nitrogen and oxygen atoms in total. The lowest BCUT2D eigenvalue weighted by molar-refractivity contribution is -0.139. The second-order valence-corrected chi connectivity index (χ2v) is 8.58. The molecule has 0 spiro atoms. The number of carbonyl (C=O) groups is 4. The van der Waals surface area contributed by atoms with Crippen LogP contribution in [0.4, 0.5) is 4.79 Å². The number of carboxylic acids is 1. The molecular weight excluding hydrogens is 527 g/mol. The molecule has 0 aliphatic carbocycles. The highest BCUT2D eigenvalue weighted by atomic mass is 35.5. The summed E-state index contributed by atoms with van der Waals surface area (Å²) in [6.45, 7) is 3.90. The maximum Gasteiger partial charge on any atom is 0.341 e. The first-order valence-corrected chi connectivity index (χ1v) is 12.0. The van der Waals surface area contributed by atoms with Crippen molar-refractivity contribution in [1.82, 2.24) is 10.2 Å². The molecule has 1 aliphatic rings. The maximum absolute atomic E-state index is 13.2. The first-order chi connectivity index (χ1) is 17.6. The van der Waals surface area contributed by atoms with Gasteiger partial charge in [-0.15, -0.1) is 0 Å². The predicted octanol–water partition coefficient (Wildman–Crippen LogP) is 4.31. The molecular formula is C25H24Cl2N2O8. The number of aliphatic carboxylic acids is 1. The summed E-state index contributed by atoms with van der Waals surface area (Å²) in [5.41, 5.74) is 0.524. The Balaban J connectivity index is 1.87. The number of carboxylic acid groups (broad SMARTS) is 1. The summed E-state index contributed by atoms with van der Waals surface area (Å²) in [6, 6.07) is 6.89. The molecule has 0 atom stereocenters. The Morgan fingerprint density at radius 2 is 1.73 bits per heavy atom. The smallest absolute Gasteiger partial charge is 0.341 e. The fourth-order valence-electron chi connectivity index (χ4n) is 3.37. The lowest BCUT2D eigenvalue weighted by Gasteiger charge is -2.26. The van der Waals surface area contributed by atoms with Crippen LogP contribution in [-0.4, -0.2) is 53.6 Å². The lowest BCUT2D eigenvalue weighted by atomic mass is 10.1. The Morgan fingerprint density at radius 3 is 2.35 bits per heavy atom. The van der Waals surface area contributed by atoms with Gasteiger partial charge in [0.15, 0.2) is 23.9 Å². The average molecular weight is 551 g/mol. The number of hydrogen-bond donors (Lipinski definition) is 2. The van der Waals surface area contributed by atoms with Crippen LogP contribution in [0.2, 0.25) is 10.0 Å². The minimum absolute atomic E-state index is 0.0222. The van der Waals surface area contributed by atoms with Crippen molar-refractivity contribution >= 4 is 53.1 Å². The Labute approximate surface area is 222 Å². The number of benzene rings is 2. The van der Waals surface area contributed by atoms with Gasteiger partial charge in [-0.1, -0.05) is 36.2 Å². The number of urea groups is 1. The second-order valence-electron chi connectivity index (χ2n) is 7.77. The maximum atomic E-state index is 13.2. The number of amides is 4. The van der Waals surface area contributed by atoms with Crippen LogP contribution < -0.4 is 19.5 Å². The van der Waals surface area contributed by atoms with Crippen LogP contribution >= 0.6 is 23.2 Å². The number of barbiturate groups is 1. The van der Waals surface area contributed by atoms with Crippen LogP contribution in [0.5, 0.6) is 17.2 Å². The topological polar surface area (TPSA) is 131 Å². The van der Waals surface area contributed by atoms with E-state index in [4.69, 9.17) is 42.5 Å². The molecule has 1 aliphatic heterocycles. The highest BCUT2D eigenvalue weighted by molar-refractivity contribution is 6.37. The fraction of sp³-hybridized carbons (Fsp3) is 0.280. The van der Waals surface area contributed by atoms with Crippen molar-refractivity contribution in [3.8, 4) is 17.2 Å². The van der Waals surface area contributed by atoms with E-state index in [1.807, 2.05) is 13.8 Å². The molecule has 0 bridgehead atoms. The summed E-state index contributed by atoms with van der Waals surface area (Å²) >= 11 is 12.3. The predicted molar refractivity (Wildman–Crippen MR) is 135 cm³/mol. The molecule has 2 N–H and O–H groups in total. The number of rotatable bonds is 11. The van der Waals surface area contributed by atoms with Gasteiger partial charge in [-0.25, -0.2) is 9.59 Å². The van der Waals surface area contributed by atoms with Gasteiger partial charge in [-0.2, -0.15) is 0 Å². The molecule has 12 heteroatoms. The van der Waals surface area contributed by atoms with Crippen LogP contribution in [0.1, 0.15) is 31.4 Å². The zero-order chi connectivity index (χ0) is 27.1. The molecule has 37 heavy (non-hydrogen) atoms. The third-order valence-corrected chi connectivity index (χ3v) is 5.53. The van der Waals surface area contributed by atoms with Gasteiger partial charge in [-0.3, -0.25) is 19.8 Å². The Hall–Kier alpha value is -3.76. The highest BCUT2D eigenvalue weighted by Crippen LogP contribution is 2.35. The molecule has 1 fully saturated rings. The first kappa shape index (κ1) is 27.8. The number of imide groups is 2. The molecule has 0 aromatic heterocycles. The summed E-state index contributed by atoms with van der Waals surface area (Å²) in [6.07, 6.45) is 2.04. The number of ether oxygens (including phenoxy) is 3. The van der Waals surface area contributed by atoms with Crippen molar-refractivity contribution in [3.63, 3.8) is 0 Å². The monoisotopic (exact) mass is 550 g/mol. The van der Waals surface area contributed by atoms with E-state index < -0.39 is 30.4 Å². The Bertz CT molecular complexity index is 1240. The van der Waals surface area contributed by atoms with E-state index in [1.165, 1.54) is 18.2 Å². The van der Waals surface area contributed by atoms with Crippen molar-refractivity contribution in [1.29, 1.82) is 0 Å². The lowest BCUT2D eigenvalue weighted by Crippen LogP contribution is -2.53. The van der Waals surface area contributed by atoms with Crippen LogP contribution in [0.25, 0.3) is 6.08 Å². The van der Waals surface area contributed by atoms with Gasteiger partial charge >= 0.3 is 12.0 Å². The average Bonchev–Trinajstić information content (AvgIpc) is 2.83. The molecule has 196 valence electrons. The van der Waals surface area contributed by atoms with Crippen molar-refractivity contribution in [2.45, 2.75) is 26.8 Å². The molecule has 2 aromatic carbocycles. The standard InChI is InChI=1S/C25H24Cl2N2O8/c1-3-7-36-19-6-5-14(11-20(19)35-4-2)12-29-24(33)16(23(32)28-25(29)34)8-15-9-17(26)22(18(27)10-15)37-13-21(30)31/h5-6,8-11H,3-4,7,12-13H2,1-2H3,(H,30,31)(H,28,32,34)/b16-8+. The van der Waals surface area contributed by atoms with E-state index in [2.05, 4.69) is 5.32 Å². The summed E-state index contributed by atoms with van der Waals surface area (Å²) in [5, 5.41) is 10.9. The zero-order valence-corrected chi connectivity index (χ0v) is 21.5. The van der Waals surface area contributed by atoms with Crippen molar-refractivity contribution < 1.29 is 38.5 Å². The number of carbonyl (C=O) groups excluding carboxylic acids is 3. The van der Waals surface area contributed by atoms with Gasteiger partial charge in [0.25, 0.3) is 11.8 Å². The zero-order valence-electron chi connectivity index (χ0n) is 20.0. The summed E-state index contributed by atoms with van der Waals surface area (Å²) in [4.78, 5) is 49.8. The largest absolute Gasteiger partial charge is 0.490 e. The Morgan fingerprint density at radius 1 is 1.03 bits per heavy atom. The van der Waals surface area contributed by atoms with E-state index >= 15 is 0 Å². The van der Waals surface area contributed by atoms with E-state index in [1.54, 1.807) is 18.2 Å². The van der Waals surface area contributed by atoms with Crippen molar-refractivity contribution in [2.24, 2.45) is 0 Å². The summed E-state index contributed by atoms with van der Waals surface area (Å²) in [7, 11) is 0. The van der Waals surface area contributed by atoms with Crippen molar-refractivity contribution in [2.75, 3.05) is 19.8 Å². The van der Waals surface area contributed by atoms with Gasteiger partial charge in [0.05, 0.1) is 29.8 Å². The first-order valence-electron chi connectivity index (χ1n) is 11.3. The molecule has 0 saturated carbocycles. The third-order valence-electron chi connectivity index (χ3n) is 4.97. The van der Waals surface area contributed by atoms with Gasteiger partial charge in [0.2, 0.25) is 0 Å². The fourth-order valence-corrected chi connectivity index (χ4v) is 3.98. The van der Waals surface area contributed by atoms with E-state index in [-0.39, 0.29) is 33.5 Å². The number of nitrogens with zero attached hydrogens (tertiary/aromatic N) is 1. The van der Waals surface area contributed by atoms with E-state index in [9.17, 15) is 19.2 Å². The van der Waals surface area contributed by atoms with Gasteiger partial charge in [-0.05, 0) is 54.8 Å². The summed E-state index contributed by atoms with van der Waals surface area (Å²) in [5.74, 6) is -1.97. The molecule has 0 radical (unpaired) electrons. The summed E-state index contributed by atoms with van der Waals surface area (Å²) < 4.78 is 16.4. The molecule has 3 rings (SSSR count).